The van der Waals surface area contributed by atoms with Crippen molar-refractivity contribution >= 4 is 5.91 Å². The number of hydrogen-bond donors (Lipinski definition) is 4. The maximum absolute atomic E-state index is 12.4. The average molecular weight is 436 g/mol. The van der Waals surface area contributed by atoms with Crippen LogP contribution in [0.25, 0.3) is 0 Å². The van der Waals surface area contributed by atoms with Gasteiger partial charge in [-0.05, 0) is 49.5 Å². The summed E-state index contributed by atoms with van der Waals surface area (Å²) >= 11 is 0. The standard InChI is InChI=1S/C25H33N5O2/c1-3-23(32)30-14-19(16-7-6-10-28-13-16)20(15-30)25(2)12-17(24(27)29-25)11-21(26)18-8-4-5-9-22(18)31/h3-10,13,17,19-21,24,29,31H,1,11-12,14-15,26-27H2,2H3/t17?,19-,20-,21?,24?,25+/m0/s1. The number of nitrogens with zero attached hydrogens (tertiary/aromatic N) is 2. The summed E-state index contributed by atoms with van der Waals surface area (Å²) < 4.78 is 0. The number of aromatic hydroxyl groups is 1. The van der Waals surface area contributed by atoms with E-state index >= 15 is 0 Å². The molecule has 1 aromatic carbocycles. The number of para-hydroxylation sites is 1. The van der Waals surface area contributed by atoms with Gasteiger partial charge in [-0.3, -0.25) is 15.1 Å². The first kappa shape index (κ1) is 22.5. The Bertz CT molecular complexity index is 968. The fourth-order valence-electron chi connectivity index (χ4n) is 5.66. The molecule has 0 bridgehead atoms. The molecule has 1 aromatic heterocycles. The normalized spacial score (nSPS) is 30.9. The minimum atomic E-state index is -0.298. The Hall–Kier alpha value is -2.74. The molecule has 7 nitrogen and oxygen atoms in total. The number of carbonyl (C=O) groups is 1. The zero-order chi connectivity index (χ0) is 22.9. The van der Waals surface area contributed by atoms with E-state index in [0.29, 0.717) is 19.5 Å². The van der Waals surface area contributed by atoms with Crippen molar-refractivity contribution in [3.05, 3.63) is 72.6 Å². The topological polar surface area (TPSA) is 118 Å². The van der Waals surface area contributed by atoms with Crippen molar-refractivity contribution in [2.75, 3.05) is 13.1 Å². The number of carbonyl (C=O) groups excluding carboxylic acids is 1. The molecule has 6 N–H and O–H groups in total. The number of aromatic nitrogens is 1. The first-order chi connectivity index (χ1) is 15.3. The molecule has 0 aliphatic carbocycles. The van der Waals surface area contributed by atoms with Gasteiger partial charge in [-0.2, -0.15) is 0 Å². The van der Waals surface area contributed by atoms with Crippen LogP contribution in [0.2, 0.25) is 0 Å². The molecular weight excluding hydrogens is 402 g/mol. The summed E-state index contributed by atoms with van der Waals surface area (Å²) in [6.07, 6.45) is 6.34. The van der Waals surface area contributed by atoms with E-state index in [9.17, 15) is 9.90 Å². The monoisotopic (exact) mass is 435 g/mol. The smallest absolute Gasteiger partial charge is 0.245 e. The fourth-order valence-corrected chi connectivity index (χ4v) is 5.66. The SMILES string of the molecule is C=CC(=O)N1C[C@@H](c2cccnc2)[C@@H]([C@@]2(C)CC(CC(N)c3ccccc3O)C(N)N2)C1. The van der Waals surface area contributed by atoms with Crippen LogP contribution in [0, 0.1) is 11.8 Å². The predicted octanol–water partition coefficient (Wildman–Crippen LogP) is 2.26. The van der Waals surface area contributed by atoms with Gasteiger partial charge < -0.3 is 21.5 Å². The van der Waals surface area contributed by atoms with Gasteiger partial charge in [0.2, 0.25) is 5.91 Å². The average Bonchev–Trinajstić information content (AvgIpc) is 3.36. The van der Waals surface area contributed by atoms with E-state index in [1.54, 1.807) is 18.3 Å². The molecule has 0 spiro atoms. The van der Waals surface area contributed by atoms with Crippen LogP contribution in [0.4, 0.5) is 0 Å². The Morgan fingerprint density at radius 3 is 2.84 bits per heavy atom. The summed E-state index contributed by atoms with van der Waals surface area (Å²) in [5.41, 5.74) is 14.6. The molecule has 0 radical (unpaired) electrons. The van der Waals surface area contributed by atoms with Crippen LogP contribution in [0.3, 0.4) is 0 Å². The Kier molecular flexibility index (Phi) is 6.33. The van der Waals surface area contributed by atoms with Crippen LogP contribution in [0.5, 0.6) is 5.75 Å². The molecule has 2 saturated heterocycles. The number of amides is 1. The first-order valence-corrected chi connectivity index (χ1v) is 11.2. The first-order valence-electron chi connectivity index (χ1n) is 11.2. The van der Waals surface area contributed by atoms with Crippen molar-refractivity contribution in [3.8, 4) is 5.75 Å². The predicted molar refractivity (Wildman–Crippen MR) is 125 cm³/mol. The van der Waals surface area contributed by atoms with Gasteiger partial charge in [-0.25, -0.2) is 0 Å². The maximum Gasteiger partial charge on any atom is 0.245 e. The third-order valence-corrected chi connectivity index (χ3v) is 7.32. The Labute approximate surface area is 189 Å². The third-order valence-electron chi connectivity index (χ3n) is 7.32. The summed E-state index contributed by atoms with van der Waals surface area (Å²) in [5, 5.41) is 13.8. The second kappa shape index (κ2) is 9.02. The van der Waals surface area contributed by atoms with Crippen LogP contribution in [-0.2, 0) is 4.79 Å². The van der Waals surface area contributed by atoms with E-state index in [4.69, 9.17) is 11.5 Å². The highest BCUT2D eigenvalue weighted by molar-refractivity contribution is 5.87. The van der Waals surface area contributed by atoms with E-state index < -0.39 is 0 Å². The number of nitrogens with two attached hydrogens (primary N) is 2. The molecule has 3 unspecified atom stereocenters. The molecule has 170 valence electrons. The quantitative estimate of drug-likeness (QED) is 0.517. The number of phenolic OH excluding ortho intramolecular Hbond substituents is 1. The number of rotatable bonds is 6. The molecule has 4 rings (SSSR count). The molecule has 1 amide bonds. The molecule has 0 saturated carbocycles. The Morgan fingerprint density at radius 1 is 1.38 bits per heavy atom. The third kappa shape index (κ3) is 4.28. The molecule has 2 aromatic rings. The van der Waals surface area contributed by atoms with Crippen molar-refractivity contribution in [1.29, 1.82) is 0 Å². The minimum absolute atomic E-state index is 0.0505. The van der Waals surface area contributed by atoms with Gasteiger partial charge in [0.1, 0.15) is 5.75 Å². The molecule has 2 aliphatic heterocycles. The van der Waals surface area contributed by atoms with Crippen molar-refractivity contribution in [2.45, 2.75) is 43.4 Å². The Balaban J connectivity index is 1.55. The number of phenols is 1. The molecule has 7 heteroatoms. The van der Waals surface area contributed by atoms with Crippen molar-refractivity contribution in [2.24, 2.45) is 23.3 Å². The molecule has 32 heavy (non-hydrogen) atoms. The largest absolute Gasteiger partial charge is 0.508 e. The number of nitrogens with one attached hydrogen (secondary N) is 1. The second-order valence-electron chi connectivity index (χ2n) is 9.40. The molecule has 6 atom stereocenters. The lowest BCUT2D eigenvalue weighted by atomic mass is 9.73. The molecule has 2 aliphatic rings. The highest BCUT2D eigenvalue weighted by Crippen LogP contribution is 2.46. The van der Waals surface area contributed by atoms with Gasteiger partial charge in [-0.1, -0.05) is 30.8 Å². The number of benzene rings is 1. The number of hydrogen-bond acceptors (Lipinski definition) is 6. The maximum atomic E-state index is 12.4. The van der Waals surface area contributed by atoms with E-state index in [1.807, 2.05) is 29.3 Å². The molecule has 3 heterocycles. The van der Waals surface area contributed by atoms with Crippen LogP contribution < -0.4 is 16.8 Å². The number of likely N-dealkylation sites (tertiary alicyclic amines) is 1. The van der Waals surface area contributed by atoms with Gasteiger partial charge in [0.25, 0.3) is 0 Å². The zero-order valence-electron chi connectivity index (χ0n) is 18.5. The van der Waals surface area contributed by atoms with Gasteiger partial charge >= 0.3 is 0 Å². The second-order valence-corrected chi connectivity index (χ2v) is 9.40. The van der Waals surface area contributed by atoms with Crippen LogP contribution >= 0.6 is 0 Å². The number of pyridine rings is 1. The minimum Gasteiger partial charge on any atom is -0.508 e. The van der Waals surface area contributed by atoms with Crippen molar-refractivity contribution in [3.63, 3.8) is 0 Å². The Morgan fingerprint density at radius 2 is 2.16 bits per heavy atom. The lowest BCUT2D eigenvalue weighted by molar-refractivity contribution is -0.125. The highest BCUT2D eigenvalue weighted by atomic mass is 16.3. The lowest BCUT2D eigenvalue weighted by Crippen LogP contribution is -2.51. The van der Waals surface area contributed by atoms with Gasteiger partial charge in [0.15, 0.2) is 0 Å². The lowest BCUT2D eigenvalue weighted by Gasteiger charge is -2.36. The van der Waals surface area contributed by atoms with Gasteiger partial charge in [-0.15, -0.1) is 0 Å². The zero-order valence-corrected chi connectivity index (χ0v) is 18.5. The summed E-state index contributed by atoms with van der Waals surface area (Å²) in [6, 6.07) is 10.9. The van der Waals surface area contributed by atoms with Crippen LogP contribution in [0.1, 0.15) is 42.9 Å². The summed E-state index contributed by atoms with van der Waals surface area (Å²) in [4.78, 5) is 18.6. The molecule has 2 fully saturated rings. The van der Waals surface area contributed by atoms with Crippen molar-refractivity contribution in [1.82, 2.24) is 15.2 Å². The summed E-state index contributed by atoms with van der Waals surface area (Å²) in [6.45, 7) is 7.14. The van der Waals surface area contributed by atoms with E-state index in [0.717, 1.165) is 17.5 Å². The highest BCUT2D eigenvalue weighted by Gasteiger charge is 2.51. The van der Waals surface area contributed by atoms with E-state index in [-0.39, 0.29) is 47.2 Å². The van der Waals surface area contributed by atoms with Crippen LogP contribution in [-0.4, -0.2) is 45.7 Å². The molecular formula is C25H33N5O2. The van der Waals surface area contributed by atoms with Gasteiger partial charge in [0.05, 0.1) is 6.17 Å². The summed E-state index contributed by atoms with van der Waals surface area (Å²) in [5.74, 6) is 0.642. The van der Waals surface area contributed by atoms with E-state index in [1.165, 1.54) is 6.08 Å². The van der Waals surface area contributed by atoms with Crippen molar-refractivity contribution < 1.29 is 9.90 Å². The van der Waals surface area contributed by atoms with Crippen LogP contribution in [0.15, 0.2) is 61.4 Å². The van der Waals surface area contributed by atoms with Gasteiger partial charge in [0, 0.05) is 54.5 Å². The summed E-state index contributed by atoms with van der Waals surface area (Å²) in [7, 11) is 0. The van der Waals surface area contributed by atoms with E-state index in [2.05, 4.69) is 29.9 Å². The fraction of sp³-hybridized carbons (Fsp3) is 0.440.